The number of hydrogen-bond acceptors (Lipinski definition) is 3. The van der Waals surface area contributed by atoms with Gasteiger partial charge >= 0.3 is 0 Å². The van der Waals surface area contributed by atoms with Gasteiger partial charge in [-0.15, -0.1) is 0 Å². The third-order valence-corrected chi connectivity index (χ3v) is 3.51. The molecule has 1 N–H and O–H groups in total. The Morgan fingerprint density at radius 2 is 2.14 bits per heavy atom. The lowest BCUT2D eigenvalue weighted by Crippen LogP contribution is -2.53. The van der Waals surface area contributed by atoms with Crippen molar-refractivity contribution in [1.29, 1.82) is 0 Å². The van der Waals surface area contributed by atoms with Crippen LogP contribution in [0.5, 0.6) is 0 Å². The monoisotopic (exact) mass is 198 g/mol. The number of rotatable bonds is 4. The minimum atomic E-state index is 0.578. The average molecular weight is 198 g/mol. The summed E-state index contributed by atoms with van der Waals surface area (Å²) in [5.74, 6) is 0.972. The van der Waals surface area contributed by atoms with Crippen molar-refractivity contribution in [3.8, 4) is 0 Å². The van der Waals surface area contributed by atoms with Crippen molar-refractivity contribution in [1.82, 2.24) is 10.2 Å². The van der Waals surface area contributed by atoms with Crippen LogP contribution < -0.4 is 5.32 Å². The topological polar surface area (TPSA) is 24.5 Å². The van der Waals surface area contributed by atoms with Crippen LogP contribution in [-0.2, 0) is 4.74 Å². The van der Waals surface area contributed by atoms with Gasteiger partial charge in [-0.1, -0.05) is 0 Å². The summed E-state index contributed by atoms with van der Waals surface area (Å²) in [5.41, 5.74) is 0. The Morgan fingerprint density at radius 3 is 2.79 bits per heavy atom. The molecule has 0 aromatic rings. The Morgan fingerprint density at radius 1 is 1.36 bits per heavy atom. The van der Waals surface area contributed by atoms with Crippen LogP contribution in [0.3, 0.4) is 0 Å². The van der Waals surface area contributed by atoms with Crippen LogP contribution in [0.4, 0.5) is 0 Å². The van der Waals surface area contributed by atoms with Crippen LogP contribution >= 0.6 is 0 Å². The molecule has 1 saturated heterocycles. The van der Waals surface area contributed by atoms with Crippen LogP contribution in [0, 0.1) is 5.92 Å². The normalized spacial score (nSPS) is 33.6. The van der Waals surface area contributed by atoms with Gasteiger partial charge in [0.1, 0.15) is 0 Å². The van der Waals surface area contributed by atoms with E-state index in [4.69, 9.17) is 4.74 Å². The first-order valence-electron chi connectivity index (χ1n) is 5.76. The second kappa shape index (κ2) is 4.60. The van der Waals surface area contributed by atoms with Gasteiger partial charge in [0.15, 0.2) is 0 Å². The lowest BCUT2D eigenvalue weighted by Gasteiger charge is -2.37. The molecule has 1 saturated carbocycles. The van der Waals surface area contributed by atoms with Gasteiger partial charge in [-0.2, -0.15) is 0 Å². The number of nitrogens with zero attached hydrogens (tertiary/aromatic N) is 1. The van der Waals surface area contributed by atoms with E-state index in [1.54, 1.807) is 0 Å². The summed E-state index contributed by atoms with van der Waals surface area (Å²) in [6, 6.07) is 1.20. The van der Waals surface area contributed by atoms with Crippen molar-refractivity contribution in [3.63, 3.8) is 0 Å². The van der Waals surface area contributed by atoms with E-state index in [1.165, 1.54) is 19.4 Å². The van der Waals surface area contributed by atoms with Crippen molar-refractivity contribution in [2.75, 3.05) is 33.9 Å². The van der Waals surface area contributed by atoms with Crippen LogP contribution in [0.25, 0.3) is 0 Å². The molecule has 2 fully saturated rings. The lowest BCUT2D eigenvalue weighted by molar-refractivity contribution is 0.00652. The van der Waals surface area contributed by atoms with E-state index in [0.717, 1.165) is 25.6 Å². The molecule has 14 heavy (non-hydrogen) atoms. The fraction of sp³-hybridized carbons (Fsp3) is 1.00. The molecule has 0 spiro atoms. The molecule has 3 heteroatoms. The second-order valence-electron chi connectivity index (χ2n) is 4.71. The van der Waals surface area contributed by atoms with Crippen LogP contribution in [0.2, 0.25) is 0 Å². The molecule has 2 aliphatic rings. The minimum absolute atomic E-state index is 0.578. The summed E-state index contributed by atoms with van der Waals surface area (Å²) in [6.07, 6.45) is 4.01. The van der Waals surface area contributed by atoms with Gasteiger partial charge in [-0.25, -0.2) is 0 Å². The molecule has 82 valence electrons. The number of nitrogens with one attached hydrogen (secondary N) is 1. The molecule has 0 aromatic heterocycles. The highest BCUT2D eigenvalue weighted by Crippen LogP contribution is 2.30. The van der Waals surface area contributed by atoms with Gasteiger partial charge in [-0.05, 0) is 39.3 Å². The molecule has 2 atom stereocenters. The minimum Gasteiger partial charge on any atom is -0.380 e. The smallest absolute Gasteiger partial charge is 0.0636 e. The average Bonchev–Trinajstić information content (AvgIpc) is 3.01. The number of hydrogen-bond donors (Lipinski definition) is 1. The van der Waals surface area contributed by atoms with Gasteiger partial charge in [-0.3, -0.25) is 4.90 Å². The Labute approximate surface area is 86.8 Å². The lowest BCUT2D eigenvalue weighted by atomic mass is 10.0. The van der Waals surface area contributed by atoms with Crippen LogP contribution in [0.1, 0.15) is 19.3 Å². The highest BCUT2D eigenvalue weighted by Gasteiger charge is 2.31. The highest BCUT2D eigenvalue weighted by atomic mass is 16.5. The fourth-order valence-corrected chi connectivity index (χ4v) is 2.34. The van der Waals surface area contributed by atoms with E-state index in [-0.39, 0.29) is 0 Å². The third-order valence-electron chi connectivity index (χ3n) is 3.51. The van der Waals surface area contributed by atoms with Gasteiger partial charge in [0, 0.05) is 25.2 Å². The van der Waals surface area contributed by atoms with Gasteiger partial charge < -0.3 is 10.1 Å². The highest BCUT2D eigenvalue weighted by molar-refractivity contribution is 4.87. The molecule has 2 unspecified atom stereocenters. The maximum absolute atomic E-state index is 5.56. The SMILES string of the molecule is CNC1CCOCC1N(C)CC1CC1. The van der Waals surface area contributed by atoms with Crippen LogP contribution in [0.15, 0.2) is 0 Å². The molecule has 0 amide bonds. The molecule has 1 aliphatic carbocycles. The molecule has 2 rings (SSSR count). The summed E-state index contributed by atoms with van der Waals surface area (Å²) in [6.45, 7) is 3.07. The predicted molar refractivity (Wildman–Crippen MR) is 57.4 cm³/mol. The Hall–Kier alpha value is -0.120. The number of likely N-dealkylation sites (N-methyl/N-ethyl adjacent to an activating group) is 2. The Bertz CT molecular complexity index is 182. The quantitative estimate of drug-likeness (QED) is 0.720. The molecular formula is C11H22N2O. The van der Waals surface area contributed by atoms with E-state index >= 15 is 0 Å². The van der Waals surface area contributed by atoms with Gasteiger partial charge in [0.2, 0.25) is 0 Å². The third kappa shape index (κ3) is 2.47. The zero-order valence-corrected chi connectivity index (χ0v) is 9.33. The first kappa shape index (κ1) is 10.4. The van der Waals surface area contributed by atoms with Crippen molar-refractivity contribution >= 4 is 0 Å². The molecule has 1 heterocycles. The molecule has 1 aliphatic heterocycles. The first-order valence-corrected chi connectivity index (χ1v) is 5.76. The molecule has 3 nitrogen and oxygen atoms in total. The van der Waals surface area contributed by atoms with E-state index in [9.17, 15) is 0 Å². The Balaban J connectivity index is 1.84. The van der Waals surface area contributed by atoms with Crippen molar-refractivity contribution < 1.29 is 4.74 Å². The summed E-state index contributed by atoms with van der Waals surface area (Å²) in [7, 11) is 4.30. The van der Waals surface area contributed by atoms with E-state index in [2.05, 4.69) is 24.3 Å². The maximum Gasteiger partial charge on any atom is 0.0636 e. The summed E-state index contributed by atoms with van der Waals surface area (Å²) >= 11 is 0. The fourth-order valence-electron chi connectivity index (χ4n) is 2.34. The van der Waals surface area contributed by atoms with Crippen LogP contribution in [-0.4, -0.2) is 50.8 Å². The summed E-state index contributed by atoms with van der Waals surface area (Å²) < 4.78 is 5.56. The van der Waals surface area contributed by atoms with Gasteiger partial charge in [0.05, 0.1) is 6.61 Å². The zero-order chi connectivity index (χ0) is 9.97. The summed E-state index contributed by atoms with van der Waals surface area (Å²) in [4.78, 5) is 2.48. The van der Waals surface area contributed by atoms with Crippen molar-refractivity contribution in [2.24, 2.45) is 5.92 Å². The van der Waals surface area contributed by atoms with E-state index < -0.39 is 0 Å². The van der Waals surface area contributed by atoms with Crippen molar-refractivity contribution in [3.05, 3.63) is 0 Å². The van der Waals surface area contributed by atoms with Gasteiger partial charge in [0.25, 0.3) is 0 Å². The zero-order valence-electron chi connectivity index (χ0n) is 9.33. The number of ether oxygens (including phenoxy) is 1. The molecular weight excluding hydrogens is 176 g/mol. The summed E-state index contributed by atoms with van der Waals surface area (Å²) in [5, 5.41) is 3.41. The molecule has 0 radical (unpaired) electrons. The van der Waals surface area contributed by atoms with Crippen molar-refractivity contribution in [2.45, 2.75) is 31.3 Å². The standard InChI is InChI=1S/C11H22N2O/c1-12-10-5-6-14-8-11(10)13(2)7-9-3-4-9/h9-12H,3-8H2,1-2H3. The maximum atomic E-state index is 5.56. The molecule has 0 bridgehead atoms. The largest absolute Gasteiger partial charge is 0.380 e. The molecule has 0 aromatic carbocycles. The first-order chi connectivity index (χ1) is 6.81. The predicted octanol–water partition coefficient (Wildman–Crippen LogP) is 0.705. The van der Waals surface area contributed by atoms with E-state index in [1.807, 2.05) is 0 Å². The second-order valence-corrected chi connectivity index (χ2v) is 4.71. The Kier molecular flexibility index (Phi) is 3.42. The van der Waals surface area contributed by atoms with E-state index in [0.29, 0.717) is 12.1 Å².